The average Bonchev–Trinajstić information content (AvgIpc) is 3.31. The largest absolute Gasteiger partial charge is 0.497 e. The zero-order valence-corrected chi connectivity index (χ0v) is 20.1. The topological polar surface area (TPSA) is 78.3 Å². The van der Waals surface area contributed by atoms with E-state index in [9.17, 15) is 4.79 Å². The third kappa shape index (κ3) is 5.40. The summed E-state index contributed by atoms with van der Waals surface area (Å²) in [5.41, 5.74) is 3.38. The van der Waals surface area contributed by atoms with Gasteiger partial charge in [-0.15, -0.1) is 10.2 Å². The molecule has 34 heavy (non-hydrogen) atoms. The van der Waals surface area contributed by atoms with Crippen molar-refractivity contribution in [2.45, 2.75) is 24.4 Å². The summed E-state index contributed by atoms with van der Waals surface area (Å²) in [6.07, 6.45) is 0. The molecule has 8 heteroatoms. The van der Waals surface area contributed by atoms with Crippen molar-refractivity contribution in [2.75, 3.05) is 19.5 Å². The van der Waals surface area contributed by atoms with Crippen molar-refractivity contribution in [3.63, 3.8) is 0 Å². The van der Waals surface area contributed by atoms with Crippen LogP contribution in [0.5, 0.6) is 11.5 Å². The van der Waals surface area contributed by atoms with Crippen LogP contribution < -0.4 is 14.8 Å². The molecule has 4 aromatic rings. The van der Waals surface area contributed by atoms with E-state index in [2.05, 4.69) is 27.0 Å². The van der Waals surface area contributed by atoms with Gasteiger partial charge >= 0.3 is 0 Å². The van der Waals surface area contributed by atoms with Crippen molar-refractivity contribution >= 4 is 23.4 Å². The molecule has 0 atom stereocenters. The molecule has 1 amide bonds. The molecule has 0 aliphatic rings. The van der Waals surface area contributed by atoms with E-state index in [0.717, 1.165) is 51.6 Å². The van der Waals surface area contributed by atoms with Gasteiger partial charge < -0.3 is 19.4 Å². The predicted molar refractivity (Wildman–Crippen MR) is 135 cm³/mol. The standard InChI is InChI=1S/C26H26N4O3S/c1-4-30-24(20-6-5-7-23(16-20)33-3)28-29-26(30)34-17-18-8-10-19(11-9-18)25(31)27-21-12-14-22(32-2)15-13-21/h5-16H,4,17H2,1-3H3,(H,27,31). The van der Waals surface area contributed by atoms with Crippen LogP contribution in [0.2, 0.25) is 0 Å². The lowest BCUT2D eigenvalue weighted by Gasteiger charge is -2.09. The molecule has 3 aromatic carbocycles. The molecule has 0 bridgehead atoms. The lowest BCUT2D eigenvalue weighted by atomic mass is 10.1. The van der Waals surface area contributed by atoms with Gasteiger partial charge in [-0.25, -0.2) is 0 Å². The van der Waals surface area contributed by atoms with Gasteiger partial charge in [-0.3, -0.25) is 4.79 Å². The summed E-state index contributed by atoms with van der Waals surface area (Å²) in [5.74, 6) is 2.91. The lowest BCUT2D eigenvalue weighted by Crippen LogP contribution is -2.11. The fourth-order valence-electron chi connectivity index (χ4n) is 3.43. The Hall–Kier alpha value is -3.78. The van der Waals surface area contributed by atoms with Gasteiger partial charge in [-0.05, 0) is 61.0 Å². The molecular weight excluding hydrogens is 448 g/mol. The summed E-state index contributed by atoms with van der Waals surface area (Å²) >= 11 is 1.62. The van der Waals surface area contributed by atoms with Gasteiger partial charge in [0.05, 0.1) is 14.2 Å². The summed E-state index contributed by atoms with van der Waals surface area (Å²) < 4.78 is 12.6. The van der Waals surface area contributed by atoms with Crippen LogP contribution in [0.1, 0.15) is 22.8 Å². The molecule has 1 heterocycles. The maximum atomic E-state index is 12.5. The summed E-state index contributed by atoms with van der Waals surface area (Å²) in [5, 5.41) is 12.6. The van der Waals surface area contributed by atoms with E-state index in [1.165, 1.54) is 0 Å². The number of carbonyl (C=O) groups is 1. The highest BCUT2D eigenvalue weighted by molar-refractivity contribution is 7.98. The first-order chi connectivity index (χ1) is 16.6. The Morgan fingerprint density at radius 1 is 0.941 bits per heavy atom. The molecule has 0 saturated heterocycles. The van der Waals surface area contributed by atoms with Gasteiger partial charge in [0.2, 0.25) is 0 Å². The maximum absolute atomic E-state index is 12.5. The van der Waals surface area contributed by atoms with Gasteiger partial charge in [0, 0.05) is 29.1 Å². The number of hydrogen-bond donors (Lipinski definition) is 1. The Morgan fingerprint density at radius 2 is 1.68 bits per heavy atom. The summed E-state index contributed by atoms with van der Waals surface area (Å²) in [6, 6.07) is 22.7. The summed E-state index contributed by atoms with van der Waals surface area (Å²) in [6.45, 7) is 2.83. The van der Waals surface area contributed by atoms with Gasteiger partial charge in [0.25, 0.3) is 5.91 Å². The average molecular weight is 475 g/mol. The second-order valence-corrected chi connectivity index (χ2v) is 8.39. The minimum absolute atomic E-state index is 0.155. The maximum Gasteiger partial charge on any atom is 0.255 e. The van der Waals surface area contributed by atoms with Crippen LogP contribution in [-0.2, 0) is 12.3 Å². The van der Waals surface area contributed by atoms with Crippen molar-refractivity contribution in [1.29, 1.82) is 0 Å². The number of carbonyl (C=O) groups excluding carboxylic acids is 1. The van der Waals surface area contributed by atoms with Gasteiger partial charge in [-0.2, -0.15) is 0 Å². The lowest BCUT2D eigenvalue weighted by molar-refractivity contribution is 0.102. The number of amides is 1. The highest BCUT2D eigenvalue weighted by atomic mass is 32.2. The van der Waals surface area contributed by atoms with Crippen LogP contribution in [0.15, 0.2) is 78.0 Å². The first kappa shape index (κ1) is 23.4. The number of ether oxygens (including phenoxy) is 2. The van der Waals surface area contributed by atoms with E-state index < -0.39 is 0 Å². The zero-order valence-electron chi connectivity index (χ0n) is 19.3. The van der Waals surface area contributed by atoms with Gasteiger partial charge in [-0.1, -0.05) is 36.0 Å². The molecule has 1 aromatic heterocycles. The van der Waals surface area contributed by atoms with E-state index >= 15 is 0 Å². The van der Waals surface area contributed by atoms with Gasteiger partial charge in [0.1, 0.15) is 11.5 Å². The van der Waals surface area contributed by atoms with Crippen LogP contribution in [0.25, 0.3) is 11.4 Å². The second kappa shape index (κ2) is 10.9. The third-order valence-corrected chi connectivity index (χ3v) is 6.33. The van der Waals surface area contributed by atoms with Crippen LogP contribution in [0, 0.1) is 0 Å². The number of nitrogens with one attached hydrogen (secondary N) is 1. The van der Waals surface area contributed by atoms with Crippen LogP contribution in [0.3, 0.4) is 0 Å². The van der Waals surface area contributed by atoms with Crippen molar-refractivity contribution in [3.05, 3.63) is 83.9 Å². The molecule has 0 spiro atoms. The van der Waals surface area contributed by atoms with Crippen molar-refractivity contribution in [3.8, 4) is 22.9 Å². The Balaban J connectivity index is 1.40. The number of thioether (sulfide) groups is 1. The SMILES string of the molecule is CCn1c(SCc2ccc(C(=O)Nc3ccc(OC)cc3)cc2)nnc1-c1cccc(OC)c1. The van der Waals surface area contributed by atoms with Crippen molar-refractivity contribution in [2.24, 2.45) is 0 Å². The molecule has 1 N–H and O–H groups in total. The minimum atomic E-state index is -0.155. The molecule has 0 aliphatic heterocycles. The Morgan fingerprint density at radius 3 is 2.35 bits per heavy atom. The summed E-state index contributed by atoms with van der Waals surface area (Å²) in [4.78, 5) is 12.5. The molecule has 174 valence electrons. The fraction of sp³-hybridized carbons (Fsp3) is 0.192. The number of aromatic nitrogens is 3. The Labute approximate surface area is 203 Å². The van der Waals surface area contributed by atoms with E-state index in [4.69, 9.17) is 9.47 Å². The van der Waals surface area contributed by atoms with Crippen LogP contribution >= 0.6 is 11.8 Å². The van der Waals surface area contributed by atoms with E-state index in [-0.39, 0.29) is 5.91 Å². The number of methoxy groups -OCH3 is 2. The Kier molecular flexibility index (Phi) is 7.49. The number of hydrogen-bond acceptors (Lipinski definition) is 6. The normalized spacial score (nSPS) is 10.7. The Bertz CT molecular complexity index is 1250. The van der Waals surface area contributed by atoms with Crippen molar-refractivity contribution < 1.29 is 14.3 Å². The molecule has 7 nitrogen and oxygen atoms in total. The zero-order chi connectivity index (χ0) is 23.9. The highest BCUT2D eigenvalue weighted by Gasteiger charge is 2.14. The first-order valence-electron chi connectivity index (χ1n) is 10.9. The van der Waals surface area contributed by atoms with Crippen LogP contribution in [0.4, 0.5) is 5.69 Å². The molecule has 0 unspecified atom stereocenters. The fourth-order valence-corrected chi connectivity index (χ4v) is 4.39. The molecule has 0 fully saturated rings. The molecule has 0 radical (unpaired) electrons. The minimum Gasteiger partial charge on any atom is -0.497 e. The molecule has 0 saturated carbocycles. The second-order valence-electron chi connectivity index (χ2n) is 7.45. The molecule has 4 rings (SSSR count). The van der Waals surface area contributed by atoms with E-state index in [1.54, 1.807) is 26.0 Å². The van der Waals surface area contributed by atoms with Crippen LogP contribution in [-0.4, -0.2) is 34.9 Å². The van der Waals surface area contributed by atoms with Gasteiger partial charge in [0.15, 0.2) is 11.0 Å². The van der Waals surface area contributed by atoms with E-state index in [1.807, 2.05) is 72.8 Å². The van der Waals surface area contributed by atoms with Crippen molar-refractivity contribution in [1.82, 2.24) is 14.8 Å². The molecule has 0 aliphatic carbocycles. The number of rotatable bonds is 9. The monoisotopic (exact) mass is 474 g/mol. The number of nitrogens with zero attached hydrogens (tertiary/aromatic N) is 3. The highest BCUT2D eigenvalue weighted by Crippen LogP contribution is 2.28. The number of anilines is 1. The number of benzene rings is 3. The summed E-state index contributed by atoms with van der Waals surface area (Å²) in [7, 11) is 3.26. The third-order valence-electron chi connectivity index (χ3n) is 5.29. The first-order valence-corrected chi connectivity index (χ1v) is 11.8. The smallest absolute Gasteiger partial charge is 0.255 e. The predicted octanol–water partition coefficient (Wildman–Crippen LogP) is 5.53. The molecular formula is C26H26N4O3S. The quantitative estimate of drug-likeness (QED) is 0.322. The van der Waals surface area contributed by atoms with E-state index in [0.29, 0.717) is 5.56 Å².